The van der Waals surface area contributed by atoms with Gasteiger partial charge in [-0.15, -0.1) is 11.3 Å². The Morgan fingerprint density at radius 1 is 1.14 bits per heavy atom. The Kier molecular flexibility index (Phi) is 6.11. The van der Waals surface area contributed by atoms with Gasteiger partial charge in [-0.1, -0.05) is 24.3 Å². The molecule has 0 radical (unpaired) electrons. The highest BCUT2D eigenvalue weighted by atomic mass is 32.1. The molecule has 0 bridgehead atoms. The first-order valence-corrected chi connectivity index (χ1v) is 12.9. The van der Waals surface area contributed by atoms with E-state index in [0.717, 1.165) is 35.5 Å². The van der Waals surface area contributed by atoms with Gasteiger partial charge in [0.1, 0.15) is 16.2 Å². The highest BCUT2D eigenvalue weighted by molar-refractivity contribution is 7.24. The van der Waals surface area contributed by atoms with Gasteiger partial charge in [0.25, 0.3) is 5.91 Å². The summed E-state index contributed by atoms with van der Waals surface area (Å²) in [6, 6.07) is 11.5. The van der Waals surface area contributed by atoms with E-state index >= 15 is 0 Å². The summed E-state index contributed by atoms with van der Waals surface area (Å²) in [6.45, 7) is 3.48. The predicted octanol–water partition coefficient (Wildman–Crippen LogP) is 3.09. The van der Waals surface area contributed by atoms with Crippen LogP contribution in [0.25, 0.3) is 26.1 Å². The zero-order chi connectivity index (χ0) is 25.4. The molecule has 6 rings (SSSR count). The molecule has 186 valence electrons. The molecule has 0 spiro atoms. The topological polar surface area (TPSA) is 95.7 Å². The van der Waals surface area contributed by atoms with Crippen LogP contribution in [0.3, 0.4) is 0 Å². The third-order valence-electron chi connectivity index (χ3n) is 6.52. The SMILES string of the molecule is CN(Cc1cnccn1)c1ccc2c(=O)c(C(=O)NCCN3CC=CC3)c3sc4ccccc4n3c2n1. The molecule has 9 nitrogen and oxygen atoms in total. The molecule has 1 N–H and O–H groups in total. The van der Waals surface area contributed by atoms with Crippen LogP contribution in [0.2, 0.25) is 0 Å². The highest BCUT2D eigenvalue weighted by Crippen LogP contribution is 2.31. The van der Waals surface area contributed by atoms with E-state index in [1.54, 1.807) is 24.7 Å². The van der Waals surface area contributed by atoms with Gasteiger partial charge in [0.2, 0.25) is 5.43 Å². The van der Waals surface area contributed by atoms with Gasteiger partial charge in [0.15, 0.2) is 5.65 Å². The zero-order valence-electron chi connectivity index (χ0n) is 20.3. The van der Waals surface area contributed by atoms with Crippen molar-refractivity contribution in [3.05, 3.63) is 88.6 Å². The number of nitrogens with zero attached hydrogens (tertiary/aromatic N) is 6. The number of para-hydroxylation sites is 1. The Morgan fingerprint density at radius 2 is 1.97 bits per heavy atom. The van der Waals surface area contributed by atoms with E-state index in [-0.39, 0.29) is 16.9 Å². The van der Waals surface area contributed by atoms with Gasteiger partial charge in [-0.05, 0) is 24.3 Å². The van der Waals surface area contributed by atoms with Crippen molar-refractivity contribution in [3.8, 4) is 0 Å². The van der Waals surface area contributed by atoms with Gasteiger partial charge in [-0.2, -0.15) is 0 Å². The molecule has 1 amide bonds. The van der Waals surface area contributed by atoms with Gasteiger partial charge < -0.3 is 10.2 Å². The van der Waals surface area contributed by atoms with E-state index in [1.165, 1.54) is 11.3 Å². The highest BCUT2D eigenvalue weighted by Gasteiger charge is 2.23. The van der Waals surface area contributed by atoms with Crippen molar-refractivity contribution >= 4 is 49.1 Å². The maximum Gasteiger partial charge on any atom is 0.258 e. The summed E-state index contributed by atoms with van der Waals surface area (Å²) in [4.78, 5) is 45.2. The molecule has 37 heavy (non-hydrogen) atoms. The molecule has 0 aliphatic carbocycles. The number of rotatable bonds is 7. The average Bonchev–Trinajstić information content (AvgIpc) is 3.57. The summed E-state index contributed by atoms with van der Waals surface area (Å²) in [5.41, 5.74) is 2.10. The number of nitrogens with one attached hydrogen (secondary N) is 1. The van der Waals surface area contributed by atoms with E-state index in [9.17, 15) is 9.59 Å². The molecular weight excluding hydrogens is 486 g/mol. The van der Waals surface area contributed by atoms with Crippen LogP contribution in [0, 0.1) is 0 Å². The minimum absolute atomic E-state index is 0.163. The molecule has 1 aliphatic rings. The predicted molar refractivity (Wildman–Crippen MR) is 146 cm³/mol. The lowest BCUT2D eigenvalue weighted by molar-refractivity contribution is 0.0950. The monoisotopic (exact) mass is 511 g/mol. The number of benzene rings is 1. The smallest absolute Gasteiger partial charge is 0.258 e. The molecule has 0 atom stereocenters. The van der Waals surface area contributed by atoms with E-state index in [2.05, 4.69) is 32.3 Å². The van der Waals surface area contributed by atoms with Crippen molar-refractivity contribution in [2.24, 2.45) is 0 Å². The molecule has 0 fully saturated rings. The summed E-state index contributed by atoms with van der Waals surface area (Å²) < 4.78 is 2.92. The number of hydrogen-bond donors (Lipinski definition) is 1. The van der Waals surface area contributed by atoms with Crippen LogP contribution >= 0.6 is 11.3 Å². The standard InChI is InChI=1S/C27H25N7O2S/c1-32(17-18-16-28-10-11-29-18)22-9-8-19-24(35)23(26(36)30-12-15-33-13-4-5-14-33)27-34(25(19)31-22)20-6-2-3-7-21(20)37-27/h2-11,16H,12-15,17H2,1H3,(H,30,36). The van der Waals surface area contributed by atoms with Crippen LogP contribution in [0.4, 0.5) is 5.82 Å². The Morgan fingerprint density at radius 3 is 2.78 bits per heavy atom. The van der Waals surface area contributed by atoms with Crippen molar-refractivity contribution in [2.45, 2.75) is 6.54 Å². The second-order valence-corrected chi connectivity index (χ2v) is 10.0. The fourth-order valence-corrected chi connectivity index (χ4v) is 5.83. The quantitative estimate of drug-likeness (QED) is 0.336. The first kappa shape index (κ1) is 23.3. The minimum Gasteiger partial charge on any atom is -0.354 e. The Balaban J connectivity index is 1.44. The number of pyridine rings is 2. The Bertz CT molecular complexity index is 1700. The number of aromatic nitrogens is 4. The van der Waals surface area contributed by atoms with Crippen LogP contribution < -0.4 is 15.6 Å². The number of carbonyl (C=O) groups excluding carboxylic acids is 1. The average molecular weight is 512 g/mol. The maximum atomic E-state index is 13.7. The molecular formula is C27H25N7O2S. The van der Waals surface area contributed by atoms with Gasteiger partial charge in [-0.3, -0.25) is 28.9 Å². The lowest BCUT2D eigenvalue weighted by Crippen LogP contribution is -2.36. The first-order valence-electron chi connectivity index (χ1n) is 12.1. The van der Waals surface area contributed by atoms with Crippen LogP contribution in [0.5, 0.6) is 0 Å². The summed E-state index contributed by atoms with van der Waals surface area (Å²) in [6.07, 6.45) is 9.25. The summed E-state index contributed by atoms with van der Waals surface area (Å²) in [5, 5.41) is 3.38. The third kappa shape index (κ3) is 4.34. The number of hydrogen-bond acceptors (Lipinski definition) is 8. The normalized spacial score (nSPS) is 13.6. The van der Waals surface area contributed by atoms with Crippen LogP contribution in [0.15, 0.2) is 71.9 Å². The van der Waals surface area contributed by atoms with Crippen molar-refractivity contribution in [1.29, 1.82) is 0 Å². The Hall–Kier alpha value is -4.15. The first-order chi connectivity index (χ1) is 18.1. The molecule has 0 saturated carbocycles. The summed E-state index contributed by atoms with van der Waals surface area (Å²) in [5.74, 6) is 0.338. The number of anilines is 1. The van der Waals surface area contributed by atoms with Gasteiger partial charge in [0, 0.05) is 45.6 Å². The minimum atomic E-state index is -0.355. The lowest BCUT2D eigenvalue weighted by Gasteiger charge is -2.18. The van der Waals surface area contributed by atoms with Crippen molar-refractivity contribution in [2.75, 3.05) is 38.1 Å². The molecule has 0 saturated heterocycles. The second-order valence-electron chi connectivity index (χ2n) is 8.99. The van der Waals surface area contributed by atoms with Crippen molar-refractivity contribution in [1.82, 2.24) is 29.6 Å². The van der Waals surface area contributed by atoms with Gasteiger partial charge >= 0.3 is 0 Å². The van der Waals surface area contributed by atoms with E-state index < -0.39 is 0 Å². The molecule has 5 heterocycles. The van der Waals surface area contributed by atoms with Gasteiger partial charge in [0.05, 0.1) is 34.0 Å². The fraction of sp³-hybridized carbons (Fsp3) is 0.222. The molecule has 1 aliphatic heterocycles. The largest absolute Gasteiger partial charge is 0.354 e. The second kappa shape index (κ2) is 9.72. The molecule has 1 aromatic carbocycles. The van der Waals surface area contributed by atoms with E-state index in [0.29, 0.717) is 34.8 Å². The van der Waals surface area contributed by atoms with E-state index in [4.69, 9.17) is 4.98 Å². The molecule has 4 aromatic heterocycles. The fourth-order valence-electron chi connectivity index (χ4n) is 4.65. The zero-order valence-corrected chi connectivity index (χ0v) is 21.1. The molecule has 0 unspecified atom stereocenters. The Labute approximate surface area is 216 Å². The molecule has 5 aromatic rings. The van der Waals surface area contributed by atoms with Crippen LogP contribution in [-0.4, -0.2) is 63.4 Å². The lowest BCUT2D eigenvalue weighted by atomic mass is 10.1. The summed E-state index contributed by atoms with van der Waals surface area (Å²) in [7, 11) is 1.92. The van der Waals surface area contributed by atoms with Gasteiger partial charge in [-0.25, -0.2) is 4.98 Å². The number of thiazole rings is 1. The third-order valence-corrected chi connectivity index (χ3v) is 7.66. The maximum absolute atomic E-state index is 13.7. The number of fused-ring (bicyclic) bond motifs is 5. The van der Waals surface area contributed by atoms with Crippen molar-refractivity contribution < 1.29 is 4.79 Å². The van der Waals surface area contributed by atoms with E-state index in [1.807, 2.05) is 46.7 Å². The van der Waals surface area contributed by atoms with Crippen LogP contribution in [-0.2, 0) is 6.54 Å². The number of carbonyl (C=O) groups is 1. The number of amides is 1. The molecule has 10 heteroatoms. The van der Waals surface area contributed by atoms with Crippen molar-refractivity contribution in [3.63, 3.8) is 0 Å². The summed E-state index contributed by atoms with van der Waals surface area (Å²) >= 11 is 1.43. The van der Waals surface area contributed by atoms with Crippen LogP contribution in [0.1, 0.15) is 16.1 Å².